The predicted octanol–water partition coefficient (Wildman–Crippen LogP) is 2.72. The van der Waals surface area contributed by atoms with Crippen LogP contribution in [-0.4, -0.2) is 37.3 Å². The molecule has 0 fully saturated rings. The average Bonchev–Trinajstić information content (AvgIpc) is 3.11. The van der Waals surface area contributed by atoms with Gasteiger partial charge in [-0.1, -0.05) is 24.3 Å². The van der Waals surface area contributed by atoms with Gasteiger partial charge in [0.1, 0.15) is 19.3 Å². The fourth-order valence-electron chi connectivity index (χ4n) is 4.03. The van der Waals surface area contributed by atoms with E-state index in [4.69, 9.17) is 14.2 Å². The van der Waals surface area contributed by atoms with Crippen LogP contribution in [0.1, 0.15) is 22.9 Å². The van der Waals surface area contributed by atoms with Gasteiger partial charge >= 0.3 is 5.97 Å². The van der Waals surface area contributed by atoms with Crippen LogP contribution in [0.4, 0.5) is 0 Å². The maximum Gasteiger partial charge on any atom is 0.323 e. The number of hydrogen-bond acceptors (Lipinski definition) is 5. The molecule has 2 N–H and O–H groups in total. The number of benzene rings is 2. The van der Waals surface area contributed by atoms with Crippen molar-refractivity contribution in [2.45, 2.75) is 18.5 Å². The first-order valence-corrected chi connectivity index (χ1v) is 9.07. The summed E-state index contributed by atoms with van der Waals surface area (Å²) in [7, 11) is 1.42. The summed E-state index contributed by atoms with van der Waals surface area (Å²) in [5.41, 5.74) is 4.31. The lowest BCUT2D eigenvalue weighted by Gasteiger charge is -2.31. The van der Waals surface area contributed by atoms with E-state index >= 15 is 0 Å². The average molecular weight is 364 g/mol. The Kier molecular flexibility index (Phi) is 3.79. The molecule has 0 radical (unpaired) electrons. The number of fused-ring (bicyclic) bond motifs is 4. The van der Waals surface area contributed by atoms with Crippen LogP contribution < -0.4 is 14.8 Å². The molecule has 0 bridgehead atoms. The van der Waals surface area contributed by atoms with Crippen LogP contribution in [0.25, 0.3) is 10.9 Å². The molecular weight excluding hydrogens is 344 g/mol. The molecule has 1 aromatic heterocycles. The first-order valence-electron chi connectivity index (χ1n) is 9.07. The Balaban J connectivity index is 1.64. The van der Waals surface area contributed by atoms with E-state index in [1.54, 1.807) is 0 Å². The summed E-state index contributed by atoms with van der Waals surface area (Å²) in [4.78, 5) is 15.8. The second-order valence-corrected chi connectivity index (χ2v) is 6.85. The summed E-state index contributed by atoms with van der Waals surface area (Å²) in [6.07, 6.45) is 0.590. The molecule has 2 aromatic carbocycles. The van der Waals surface area contributed by atoms with Gasteiger partial charge in [0.05, 0.1) is 13.2 Å². The summed E-state index contributed by atoms with van der Waals surface area (Å²) in [5.74, 6) is 1.23. The summed E-state index contributed by atoms with van der Waals surface area (Å²) in [5, 5.41) is 4.59. The van der Waals surface area contributed by atoms with Gasteiger partial charge in [-0.3, -0.25) is 10.1 Å². The van der Waals surface area contributed by atoms with Crippen LogP contribution in [-0.2, 0) is 16.0 Å². The number of rotatable bonds is 2. The fourth-order valence-corrected chi connectivity index (χ4v) is 4.03. The predicted molar refractivity (Wildman–Crippen MR) is 100 cm³/mol. The largest absolute Gasteiger partial charge is 0.486 e. The number of H-pyrrole nitrogens is 1. The highest BCUT2D eigenvalue weighted by Gasteiger charge is 2.34. The second kappa shape index (κ2) is 6.32. The molecule has 5 rings (SSSR count). The summed E-state index contributed by atoms with van der Waals surface area (Å²) in [6.45, 7) is 1.10. The number of para-hydroxylation sites is 1. The van der Waals surface area contributed by atoms with Gasteiger partial charge in [-0.15, -0.1) is 0 Å². The van der Waals surface area contributed by atoms with Gasteiger partial charge in [-0.2, -0.15) is 0 Å². The van der Waals surface area contributed by atoms with Crippen molar-refractivity contribution in [1.29, 1.82) is 0 Å². The van der Waals surface area contributed by atoms with E-state index in [2.05, 4.69) is 22.4 Å². The highest BCUT2D eigenvalue weighted by molar-refractivity contribution is 5.87. The van der Waals surface area contributed by atoms with Gasteiger partial charge in [0.25, 0.3) is 0 Å². The van der Waals surface area contributed by atoms with Crippen LogP contribution in [0.2, 0.25) is 0 Å². The molecule has 27 heavy (non-hydrogen) atoms. The summed E-state index contributed by atoms with van der Waals surface area (Å²) in [6, 6.07) is 13.5. The summed E-state index contributed by atoms with van der Waals surface area (Å²) >= 11 is 0. The van der Waals surface area contributed by atoms with Crippen LogP contribution in [0, 0.1) is 0 Å². The molecular formula is C21H20N2O4. The Morgan fingerprint density at radius 2 is 1.93 bits per heavy atom. The number of aromatic amines is 1. The van der Waals surface area contributed by atoms with Crippen molar-refractivity contribution in [3.05, 3.63) is 59.3 Å². The Labute approximate surface area is 156 Å². The highest BCUT2D eigenvalue weighted by Crippen LogP contribution is 2.39. The number of methoxy groups -OCH3 is 1. The van der Waals surface area contributed by atoms with Crippen molar-refractivity contribution in [3.63, 3.8) is 0 Å². The zero-order chi connectivity index (χ0) is 18.4. The van der Waals surface area contributed by atoms with Gasteiger partial charge in [0, 0.05) is 23.0 Å². The van der Waals surface area contributed by atoms with E-state index in [0.717, 1.165) is 39.2 Å². The minimum absolute atomic E-state index is 0.166. The number of hydrogen-bond donors (Lipinski definition) is 2. The smallest absolute Gasteiger partial charge is 0.323 e. The number of nitrogens with one attached hydrogen (secondary N) is 2. The maximum atomic E-state index is 12.3. The molecule has 6 heteroatoms. The van der Waals surface area contributed by atoms with E-state index in [1.807, 2.05) is 30.3 Å². The molecule has 3 heterocycles. The molecule has 2 atom stereocenters. The Morgan fingerprint density at radius 3 is 2.78 bits per heavy atom. The zero-order valence-electron chi connectivity index (χ0n) is 15.0. The van der Waals surface area contributed by atoms with Gasteiger partial charge in [0.15, 0.2) is 11.5 Å². The second-order valence-electron chi connectivity index (χ2n) is 6.85. The van der Waals surface area contributed by atoms with Gasteiger partial charge in [-0.05, 0) is 29.3 Å². The first-order chi connectivity index (χ1) is 13.2. The number of aromatic nitrogens is 1. The quantitative estimate of drug-likeness (QED) is 0.684. The molecule has 0 saturated heterocycles. The highest BCUT2D eigenvalue weighted by atomic mass is 16.6. The lowest BCUT2D eigenvalue weighted by Crippen LogP contribution is -2.45. The van der Waals surface area contributed by atoms with Crippen LogP contribution in [0.3, 0.4) is 0 Å². The van der Waals surface area contributed by atoms with Crippen molar-refractivity contribution < 1.29 is 19.0 Å². The molecule has 0 saturated carbocycles. The zero-order valence-corrected chi connectivity index (χ0v) is 15.0. The molecule has 0 aliphatic carbocycles. The Morgan fingerprint density at radius 1 is 1.11 bits per heavy atom. The van der Waals surface area contributed by atoms with Gasteiger partial charge < -0.3 is 19.2 Å². The minimum atomic E-state index is -0.403. The molecule has 138 valence electrons. The number of ether oxygens (including phenoxy) is 3. The third kappa shape index (κ3) is 2.64. The third-order valence-corrected chi connectivity index (χ3v) is 5.30. The van der Waals surface area contributed by atoms with Crippen molar-refractivity contribution in [2.75, 3.05) is 20.3 Å². The van der Waals surface area contributed by atoms with E-state index in [1.165, 1.54) is 7.11 Å². The molecule has 3 aromatic rings. The molecule has 6 nitrogen and oxygen atoms in total. The molecule has 0 spiro atoms. The lowest BCUT2D eigenvalue weighted by atomic mass is 9.90. The van der Waals surface area contributed by atoms with E-state index < -0.39 is 6.04 Å². The van der Waals surface area contributed by atoms with E-state index in [0.29, 0.717) is 19.6 Å². The SMILES string of the molecule is COC(=O)C1Cc2c([nH]c3ccccc23)C(c2ccc3c(c2)OCCO3)N1. The van der Waals surface area contributed by atoms with Crippen LogP contribution >= 0.6 is 0 Å². The minimum Gasteiger partial charge on any atom is -0.486 e. The number of esters is 1. The molecule has 0 amide bonds. The van der Waals surface area contributed by atoms with E-state index in [-0.39, 0.29) is 12.0 Å². The Bertz CT molecular complexity index is 1030. The third-order valence-electron chi connectivity index (χ3n) is 5.30. The maximum absolute atomic E-state index is 12.3. The van der Waals surface area contributed by atoms with Gasteiger partial charge in [0.2, 0.25) is 0 Å². The van der Waals surface area contributed by atoms with Gasteiger partial charge in [-0.25, -0.2) is 0 Å². The fraction of sp³-hybridized carbons (Fsp3) is 0.286. The Hall–Kier alpha value is -2.99. The first kappa shape index (κ1) is 16.2. The van der Waals surface area contributed by atoms with Crippen LogP contribution in [0.15, 0.2) is 42.5 Å². The van der Waals surface area contributed by atoms with Crippen molar-refractivity contribution in [2.24, 2.45) is 0 Å². The standard InChI is InChI=1S/C21H20N2O4/c1-25-21(24)16-11-14-13-4-2-3-5-15(13)22-20(14)19(23-16)12-6-7-17-18(10-12)27-9-8-26-17/h2-7,10,16,19,22-23H,8-9,11H2,1H3. The van der Waals surface area contributed by atoms with Crippen LogP contribution in [0.5, 0.6) is 11.5 Å². The monoisotopic (exact) mass is 364 g/mol. The number of carbonyl (C=O) groups excluding carboxylic acids is 1. The lowest BCUT2D eigenvalue weighted by molar-refractivity contribution is -0.143. The van der Waals surface area contributed by atoms with Crippen molar-refractivity contribution in [3.8, 4) is 11.5 Å². The normalized spacial score (nSPS) is 20.9. The molecule has 2 aliphatic rings. The molecule has 2 aliphatic heterocycles. The molecule has 2 unspecified atom stereocenters. The summed E-state index contributed by atoms with van der Waals surface area (Å²) < 4.78 is 16.4. The topological polar surface area (TPSA) is 72.6 Å². The van der Waals surface area contributed by atoms with Crippen molar-refractivity contribution in [1.82, 2.24) is 10.3 Å². The number of carbonyl (C=O) groups is 1. The van der Waals surface area contributed by atoms with E-state index in [9.17, 15) is 4.79 Å². The van der Waals surface area contributed by atoms with Crippen molar-refractivity contribution >= 4 is 16.9 Å².